The highest BCUT2D eigenvalue weighted by atomic mass is 16.6. The average molecular weight is 592 g/mol. The van der Waals surface area contributed by atoms with E-state index in [1.807, 2.05) is 75.4 Å². The maximum Gasteiger partial charge on any atom is 0.417 e. The topological polar surface area (TPSA) is 116 Å². The van der Waals surface area contributed by atoms with Gasteiger partial charge in [-0.25, -0.2) is 9.69 Å². The lowest BCUT2D eigenvalue weighted by atomic mass is 9.91. The number of amides is 2. The molecule has 2 heterocycles. The lowest BCUT2D eigenvalue weighted by Gasteiger charge is -2.26. The van der Waals surface area contributed by atoms with Crippen LogP contribution in [0.4, 0.5) is 4.79 Å². The Kier molecular flexibility index (Phi) is 11.7. The Labute approximate surface area is 252 Å². The van der Waals surface area contributed by atoms with Gasteiger partial charge < -0.3 is 23.7 Å². The van der Waals surface area contributed by atoms with Crippen LogP contribution in [0, 0.1) is 18.8 Å². The van der Waals surface area contributed by atoms with Crippen molar-refractivity contribution in [3.05, 3.63) is 83.3 Å². The molecular formula is C34H41NO8. The number of furan rings is 1. The molecule has 0 bridgehead atoms. The van der Waals surface area contributed by atoms with Crippen molar-refractivity contribution in [2.24, 2.45) is 11.8 Å². The first-order chi connectivity index (χ1) is 20.8. The fourth-order valence-electron chi connectivity index (χ4n) is 5.18. The molecule has 3 aromatic rings. The van der Waals surface area contributed by atoms with Gasteiger partial charge in [0, 0.05) is 18.6 Å². The van der Waals surface area contributed by atoms with E-state index < -0.39 is 29.7 Å². The number of benzene rings is 2. The summed E-state index contributed by atoms with van der Waals surface area (Å²) in [5, 5.41) is 8.81. The number of rotatable bonds is 16. The molecule has 9 heteroatoms. The molecule has 1 N–H and O–H groups in total. The Bertz CT molecular complexity index is 1370. The van der Waals surface area contributed by atoms with E-state index >= 15 is 0 Å². The standard InChI is InChI=1S/C34H41NO8/c1-23(2)29-22-42-34(39)35(29)33(38)28(20-25-10-5-4-6-11-25)32(37)31-21-27(26-12-7-9-24(3)19-26)30(43-31)13-8-15-40-17-18-41-16-14-36/h4-7,9-12,19,21,23,28-29,36H,8,13-18,20,22H2,1-3H3/t28-,29-/m0/s1. The first-order valence-corrected chi connectivity index (χ1v) is 14.8. The van der Waals surface area contributed by atoms with Crippen LogP contribution in [-0.2, 0) is 31.8 Å². The summed E-state index contributed by atoms with van der Waals surface area (Å²) < 4.78 is 22.3. The summed E-state index contributed by atoms with van der Waals surface area (Å²) in [6, 6.07) is 18.5. The van der Waals surface area contributed by atoms with Crippen molar-refractivity contribution in [2.45, 2.75) is 46.1 Å². The molecule has 0 saturated carbocycles. The molecule has 1 aromatic heterocycles. The normalized spacial score (nSPS) is 15.6. The first-order valence-electron chi connectivity index (χ1n) is 14.8. The number of Topliss-reactive ketones (excluding diaryl/α,β-unsaturated/α-hetero) is 1. The molecule has 1 fully saturated rings. The van der Waals surface area contributed by atoms with E-state index in [0.717, 1.165) is 27.2 Å². The average Bonchev–Trinajstić information content (AvgIpc) is 3.61. The van der Waals surface area contributed by atoms with Crippen molar-refractivity contribution in [1.82, 2.24) is 4.90 Å². The van der Waals surface area contributed by atoms with Crippen LogP contribution >= 0.6 is 0 Å². The van der Waals surface area contributed by atoms with Gasteiger partial charge in [0.2, 0.25) is 11.7 Å². The number of aliphatic hydroxyl groups is 1. The summed E-state index contributed by atoms with van der Waals surface area (Å²) in [6.45, 7) is 7.45. The van der Waals surface area contributed by atoms with Crippen LogP contribution in [0.15, 0.2) is 65.1 Å². The Morgan fingerprint density at radius 1 is 1.00 bits per heavy atom. The van der Waals surface area contributed by atoms with Crippen LogP contribution in [0.5, 0.6) is 0 Å². The maximum absolute atomic E-state index is 14.1. The monoisotopic (exact) mass is 591 g/mol. The second-order valence-corrected chi connectivity index (χ2v) is 11.1. The van der Waals surface area contributed by atoms with Crippen LogP contribution in [0.3, 0.4) is 0 Å². The maximum atomic E-state index is 14.1. The van der Waals surface area contributed by atoms with E-state index in [0.29, 0.717) is 38.4 Å². The summed E-state index contributed by atoms with van der Waals surface area (Å²) in [5.41, 5.74) is 3.55. The molecule has 4 rings (SSSR count). The Morgan fingerprint density at radius 2 is 1.74 bits per heavy atom. The van der Waals surface area contributed by atoms with Crippen molar-refractivity contribution in [3.63, 3.8) is 0 Å². The summed E-state index contributed by atoms with van der Waals surface area (Å²) in [5.74, 6) is -1.56. The Balaban J connectivity index is 1.61. The van der Waals surface area contributed by atoms with E-state index in [2.05, 4.69) is 0 Å². The van der Waals surface area contributed by atoms with E-state index in [-0.39, 0.29) is 37.9 Å². The van der Waals surface area contributed by atoms with Crippen molar-refractivity contribution >= 4 is 17.8 Å². The van der Waals surface area contributed by atoms with Gasteiger partial charge in [0.1, 0.15) is 18.3 Å². The summed E-state index contributed by atoms with van der Waals surface area (Å²) >= 11 is 0. The highest BCUT2D eigenvalue weighted by Gasteiger charge is 2.44. The van der Waals surface area contributed by atoms with Gasteiger partial charge >= 0.3 is 6.09 Å². The van der Waals surface area contributed by atoms with Crippen LogP contribution in [0.1, 0.15) is 47.7 Å². The fourth-order valence-corrected chi connectivity index (χ4v) is 5.18. The van der Waals surface area contributed by atoms with Gasteiger partial charge in [-0.15, -0.1) is 0 Å². The third kappa shape index (κ3) is 8.40. The zero-order chi connectivity index (χ0) is 30.8. The quantitative estimate of drug-likeness (QED) is 0.136. The third-order valence-corrected chi connectivity index (χ3v) is 7.49. The number of aliphatic hydroxyl groups excluding tert-OH is 1. The Morgan fingerprint density at radius 3 is 2.44 bits per heavy atom. The molecule has 0 radical (unpaired) electrons. The van der Waals surface area contributed by atoms with Crippen molar-refractivity contribution in [1.29, 1.82) is 0 Å². The summed E-state index contributed by atoms with van der Waals surface area (Å²) in [7, 11) is 0. The minimum Gasteiger partial charge on any atom is -0.457 e. The molecular weight excluding hydrogens is 550 g/mol. The molecule has 0 unspecified atom stereocenters. The predicted molar refractivity (Wildman–Crippen MR) is 161 cm³/mol. The van der Waals surface area contributed by atoms with Gasteiger partial charge in [-0.1, -0.05) is 74.0 Å². The second kappa shape index (κ2) is 15.6. The molecule has 1 saturated heterocycles. The zero-order valence-corrected chi connectivity index (χ0v) is 25.1. The molecule has 43 heavy (non-hydrogen) atoms. The number of carbonyl (C=O) groups is 3. The van der Waals surface area contributed by atoms with Crippen molar-refractivity contribution in [2.75, 3.05) is 39.6 Å². The molecule has 0 spiro atoms. The van der Waals surface area contributed by atoms with Gasteiger partial charge in [0.05, 0.1) is 32.5 Å². The van der Waals surface area contributed by atoms with Gasteiger partial charge in [-0.3, -0.25) is 9.59 Å². The lowest BCUT2D eigenvalue weighted by molar-refractivity contribution is -0.132. The van der Waals surface area contributed by atoms with Crippen molar-refractivity contribution < 1.29 is 38.1 Å². The molecule has 1 aliphatic rings. The molecule has 1 aliphatic heterocycles. The van der Waals surface area contributed by atoms with E-state index in [1.165, 1.54) is 0 Å². The number of ether oxygens (including phenoxy) is 3. The second-order valence-electron chi connectivity index (χ2n) is 11.1. The lowest BCUT2D eigenvalue weighted by Crippen LogP contribution is -2.47. The first kappa shape index (κ1) is 32.1. The number of ketones is 1. The number of nitrogens with zero attached hydrogens (tertiary/aromatic N) is 1. The molecule has 0 aliphatic carbocycles. The number of aryl methyl sites for hydroxylation is 2. The number of hydrogen-bond donors (Lipinski definition) is 1. The van der Waals surface area contributed by atoms with Gasteiger partial charge in [0.15, 0.2) is 5.76 Å². The number of imide groups is 1. The fraction of sp³-hybridized carbons (Fsp3) is 0.441. The van der Waals surface area contributed by atoms with E-state index in [4.69, 9.17) is 23.7 Å². The minimum atomic E-state index is -1.17. The SMILES string of the molecule is Cc1cccc(-c2cc(C(=O)[C@H](Cc3ccccc3)C(=O)N3C(=O)OC[C@H]3C(C)C)oc2CCCOCCOCCO)c1. The Hall–Kier alpha value is -3.79. The largest absolute Gasteiger partial charge is 0.457 e. The number of cyclic esters (lactones) is 1. The number of carbonyl (C=O) groups excluding carboxylic acids is 3. The van der Waals surface area contributed by atoms with E-state index in [1.54, 1.807) is 6.07 Å². The van der Waals surface area contributed by atoms with Crippen LogP contribution in [0.25, 0.3) is 11.1 Å². The van der Waals surface area contributed by atoms with Crippen LogP contribution in [-0.4, -0.2) is 73.5 Å². The van der Waals surface area contributed by atoms with Crippen LogP contribution in [0.2, 0.25) is 0 Å². The van der Waals surface area contributed by atoms with Crippen molar-refractivity contribution in [3.8, 4) is 11.1 Å². The molecule has 9 nitrogen and oxygen atoms in total. The molecule has 2 amide bonds. The predicted octanol–water partition coefficient (Wildman–Crippen LogP) is 5.26. The molecule has 2 aromatic carbocycles. The van der Waals surface area contributed by atoms with Gasteiger partial charge in [-0.2, -0.15) is 0 Å². The van der Waals surface area contributed by atoms with E-state index in [9.17, 15) is 14.4 Å². The smallest absolute Gasteiger partial charge is 0.417 e. The highest BCUT2D eigenvalue weighted by Crippen LogP contribution is 2.32. The summed E-state index contributed by atoms with van der Waals surface area (Å²) in [6.07, 6.45) is 0.549. The number of hydrogen-bond acceptors (Lipinski definition) is 8. The van der Waals surface area contributed by atoms with Gasteiger partial charge in [-0.05, 0) is 42.9 Å². The van der Waals surface area contributed by atoms with Gasteiger partial charge in [0.25, 0.3) is 0 Å². The molecule has 2 atom stereocenters. The summed E-state index contributed by atoms with van der Waals surface area (Å²) in [4.78, 5) is 41.9. The molecule has 230 valence electrons. The third-order valence-electron chi connectivity index (χ3n) is 7.49. The minimum absolute atomic E-state index is 0.0283. The van der Waals surface area contributed by atoms with Crippen LogP contribution < -0.4 is 0 Å². The highest BCUT2D eigenvalue weighted by molar-refractivity contribution is 6.12. The zero-order valence-electron chi connectivity index (χ0n) is 25.1.